The Morgan fingerprint density at radius 2 is 0.963 bits per heavy atom. The summed E-state index contributed by atoms with van der Waals surface area (Å²) >= 11 is 5.98. The van der Waals surface area contributed by atoms with Gasteiger partial charge in [-0.05, 0) is 45.5 Å². The number of hydrogen-bond donors (Lipinski definition) is 0. The lowest BCUT2D eigenvalue weighted by Gasteiger charge is -2.19. The van der Waals surface area contributed by atoms with Gasteiger partial charge in [0.2, 0.25) is 0 Å². The Kier molecular flexibility index (Phi) is 4.86. The van der Waals surface area contributed by atoms with Crippen molar-refractivity contribution in [3.63, 3.8) is 0 Å². The molecular weight excluding hydrogens is 352 g/mol. The Hall–Kier alpha value is -3.16. The summed E-state index contributed by atoms with van der Waals surface area (Å²) in [5.74, 6) is 0. The minimum absolute atomic E-state index is 0.453. The second-order valence-corrected chi connectivity index (χ2v) is 6.63. The third kappa shape index (κ3) is 3.42. The Bertz CT molecular complexity index is 1070. The van der Waals surface area contributed by atoms with Gasteiger partial charge in [-0.1, -0.05) is 97.1 Å². The average Bonchev–Trinajstić information content (AvgIpc) is 2.74. The van der Waals surface area contributed by atoms with E-state index >= 15 is 0 Å². The summed E-state index contributed by atoms with van der Waals surface area (Å²) < 4.78 is 0. The smallest absolute Gasteiger partial charge is 0.253 e. The van der Waals surface area contributed by atoms with E-state index in [4.69, 9.17) is 11.6 Å². The summed E-state index contributed by atoms with van der Waals surface area (Å²) in [5.41, 5.74) is 6.58. The van der Waals surface area contributed by atoms with Crippen LogP contribution >= 0.6 is 11.6 Å². The molecule has 4 rings (SSSR count). The first-order chi connectivity index (χ1) is 13.3. The van der Waals surface area contributed by atoms with Crippen molar-refractivity contribution >= 4 is 16.8 Å². The fourth-order valence-corrected chi connectivity index (χ4v) is 3.59. The van der Waals surface area contributed by atoms with E-state index in [1.807, 2.05) is 78.9 Å². The summed E-state index contributed by atoms with van der Waals surface area (Å²) in [6, 6.07) is 34.1. The lowest BCUT2D eigenvalue weighted by atomic mass is 9.85. The van der Waals surface area contributed by atoms with Crippen LogP contribution in [0.3, 0.4) is 0 Å². The molecule has 0 aliphatic rings. The maximum atomic E-state index is 12.2. The summed E-state index contributed by atoms with van der Waals surface area (Å²) in [6.45, 7) is 0. The van der Waals surface area contributed by atoms with Crippen LogP contribution < -0.4 is 0 Å². The van der Waals surface area contributed by atoms with Crippen LogP contribution in [-0.4, -0.2) is 5.24 Å². The van der Waals surface area contributed by atoms with Crippen molar-refractivity contribution in [1.29, 1.82) is 0 Å². The quantitative estimate of drug-likeness (QED) is 0.352. The molecule has 2 heteroatoms. The fraction of sp³-hybridized carbons (Fsp3) is 0. The lowest BCUT2D eigenvalue weighted by Crippen LogP contribution is -1.99. The van der Waals surface area contributed by atoms with E-state index in [-0.39, 0.29) is 0 Å². The molecule has 0 aromatic heterocycles. The van der Waals surface area contributed by atoms with E-state index in [2.05, 4.69) is 24.3 Å². The van der Waals surface area contributed by atoms with Gasteiger partial charge in [-0.3, -0.25) is 4.79 Å². The molecule has 0 N–H and O–H groups in total. The lowest BCUT2D eigenvalue weighted by molar-refractivity contribution is 0.108. The topological polar surface area (TPSA) is 17.1 Å². The van der Waals surface area contributed by atoms with E-state index in [1.165, 1.54) is 0 Å². The molecule has 0 aliphatic heterocycles. The van der Waals surface area contributed by atoms with Crippen molar-refractivity contribution in [3.8, 4) is 33.4 Å². The van der Waals surface area contributed by atoms with Gasteiger partial charge in [-0.25, -0.2) is 0 Å². The van der Waals surface area contributed by atoms with Crippen molar-refractivity contribution in [2.45, 2.75) is 0 Å². The second-order valence-electron chi connectivity index (χ2n) is 6.28. The number of carbonyl (C=O) groups is 1. The Labute approximate surface area is 163 Å². The molecule has 0 atom stereocenters. The molecule has 27 heavy (non-hydrogen) atoms. The first kappa shape index (κ1) is 17.3. The molecule has 0 amide bonds. The number of benzene rings is 4. The highest BCUT2D eigenvalue weighted by atomic mass is 35.5. The standard InChI is InChI=1S/C25H17ClO/c26-25(27)22-17-16-21(18-10-4-1-5-11-18)23(19-12-6-2-7-13-19)24(22)20-14-8-3-9-15-20/h1-17H. The number of rotatable bonds is 4. The van der Waals surface area contributed by atoms with Gasteiger partial charge in [0.05, 0.1) is 0 Å². The molecule has 0 heterocycles. The van der Waals surface area contributed by atoms with E-state index in [1.54, 1.807) is 0 Å². The van der Waals surface area contributed by atoms with E-state index in [9.17, 15) is 4.79 Å². The monoisotopic (exact) mass is 368 g/mol. The largest absolute Gasteiger partial charge is 0.276 e. The molecule has 0 saturated heterocycles. The number of carbonyl (C=O) groups excluding carboxylic acids is 1. The molecule has 0 spiro atoms. The van der Waals surface area contributed by atoms with Gasteiger partial charge in [-0.2, -0.15) is 0 Å². The van der Waals surface area contributed by atoms with Gasteiger partial charge in [0, 0.05) is 11.1 Å². The van der Waals surface area contributed by atoms with Gasteiger partial charge >= 0.3 is 0 Å². The predicted octanol–water partition coefficient (Wildman–Crippen LogP) is 7.07. The maximum Gasteiger partial charge on any atom is 0.253 e. The van der Waals surface area contributed by atoms with Crippen molar-refractivity contribution < 1.29 is 4.79 Å². The number of hydrogen-bond acceptors (Lipinski definition) is 1. The highest BCUT2D eigenvalue weighted by molar-refractivity contribution is 6.68. The molecule has 130 valence electrons. The molecule has 0 saturated carbocycles. The minimum atomic E-state index is -0.453. The van der Waals surface area contributed by atoms with Gasteiger partial charge < -0.3 is 0 Å². The average molecular weight is 369 g/mol. The second kappa shape index (κ2) is 7.61. The normalized spacial score (nSPS) is 10.6. The maximum absolute atomic E-state index is 12.2. The summed E-state index contributed by atoms with van der Waals surface area (Å²) in [6.07, 6.45) is 0. The van der Waals surface area contributed by atoms with E-state index < -0.39 is 5.24 Å². The van der Waals surface area contributed by atoms with E-state index in [0.717, 1.165) is 33.4 Å². The SMILES string of the molecule is O=C(Cl)c1ccc(-c2ccccc2)c(-c2ccccc2)c1-c1ccccc1. The van der Waals surface area contributed by atoms with Crippen molar-refractivity contribution in [2.75, 3.05) is 0 Å². The summed E-state index contributed by atoms with van der Waals surface area (Å²) in [7, 11) is 0. The van der Waals surface area contributed by atoms with E-state index in [0.29, 0.717) is 5.56 Å². The van der Waals surface area contributed by atoms with Crippen molar-refractivity contribution in [2.24, 2.45) is 0 Å². The molecule has 1 nitrogen and oxygen atoms in total. The molecule has 0 unspecified atom stereocenters. The predicted molar refractivity (Wildman–Crippen MR) is 113 cm³/mol. The molecular formula is C25H17ClO. The Balaban J connectivity index is 2.13. The van der Waals surface area contributed by atoms with Crippen LogP contribution in [0, 0.1) is 0 Å². The molecule has 0 bridgehead atoms. The highest BCUT2D eigenvalue weighted by Crippen LogP contribution is 2.42. The zero-order chi connectivity index (χ0) is 18.6. The zero-order valence-corrected chi connectivity index (χ0v) is 15.4. The molecule has 0 fully saturated rings. The fourth-order valence-electron chi connectivity index (χ4n) is 3.43. The van der Waals surface area contributed by atoms with Crippen LogP contribution in [-0.2, 0) is 0 Å². The van der Waals surface area contributed by atoms with Gasteiger partial charge in [-0.15, -0.1) is 0 Å². The molecule has 0 radical (unpaired) electrons. The molecule has 4 aromatic carbocycles. The minimum Gasteiger partial charge on any atom is -0.276 e. The van der Waals surface area contributed by atoms with Gasteiger partial charge in [0.1, 0.15) is 0 Å². The summed E-state index contributed by atoms with van der Waals surface area (Å²) in [4.78, 5) is 12.2. The van der Waals surface area contributed by atoms with Gasteiger partial charge in [0.15, 0.2) is 0 Å². The first-order valence-corrected chi connectivity index (χ1v) is 9.16. The van der Waals surface area contributed by atoms with Crippen molar-refractivity contribution in [1.82, 2.24) is 0 Å². The van der Waals surface area contributed by atoms with Gasteiger partial charge in [0.25, 0.3) is 5.24 Å². The first-order valence-electron chi connectivity index (χ1n) is 8.79. The van der Waals surface area contributed by atoms with Crippen LogP contribution in [0.2, 0.25) is 0 Å². The zero-order valence-electron chi connectivity index (χ0n) is 14.6. The van der Waals surface area contributed by atoms with Crippen molar-refractivity contribution in [3.05, 3.63) is 109 Å². The molecule has 4 aromatic rings. The van der Waals surface area contributed by atoms with Crippen LogP contribution in [0.1, 0.15) is 10.4 Å². The van der Waals surface area contributed by atoms with Crippen LogP contribution in [0.5, 0.6) is 0 Å². The highest BCUT2D eigenvalue weighted by Gasteiger charge is 2.20. The molecule has 0 aliphatic carbocycles. The van der Waals surface area contributed by atoms with Crippen LogP contribution in [0.15, 0.2) is 103 Å². The Morgan fingerprint density at radius 1 is 0.519 bits per heavy atom. The van der Waals surface area contributed by atoms with Crippen LogP contribution in [0.4, 0.5) is 0 Å². The van der Waals surface area contributed by atoms with Crippen LogP contribution in [0.25, 0.3) is 33.4 Å². The summed E-state index contributed by atoms with van der Waals surface area (Å²) in [5, 5.41) is -0.453. The Morgan fingerprint density at radius 3 is 1.44 bits per heavy atom. The third-order valence-electron chi connectivity index (χ3n) is 4.63. The third-order valence-corrected chi connectivity index (χ3v) is 4.83. The number of halogens is 1.